The Morgan fingerprint density at radius 3 is 2.21 bits per heavy atom. The van der Waals surface area contributed by atoms with Crippen LogP contribution in [0.4, 0.5) is 10.1 Å². The molecule has 7 heteroatoms. The average Bonchev–Trinajstić information content (AvgIpc) is 2.62. The van der Waals surface area contributed by atoms with Gasteiger partial charge in [-0.05, 0) is 41.8 Å². The van der Waals surface area contributed by atoms with Crippen molar-refractivity contribution in [2.24, 2.45) is 5.92 Å². The van der Waals surface area contributed by atoms with Crippen molar-refractivity contribution in [2.45, 2.75) is 26.8 Å². The average molecular weight is 386 g/mol. The summed E-state index contributed by atoms with van der Waals surface area (Å²) in [5, 5.41) is 11.4. The molecular formula is C21H23FN2O4. The molecule has 0 aliphatic heterocycles. The number of halogens is 1. The number of rotatable bonds is 7. The third kappa shape index (κ3) is 5.64. The first-order valence-corrected chi connectivity index (χ1v) is 8.84. The van der Waals surface area contributed by atoms with Gasteiger partial charge >= 0.3 is 5.97 Å². The van der Waals surface area contributed by atoms with E-state index in [1.807, 2.05) is 13.8 Å². The first-order chi connectivity index (χ1) is 13.2. The van der Waals surface area contributed by atoms with Gasteiger partial charge in [-0.25, -0.2) is 9.18 Å². The van der Waals surface area contributed by atoms with E-state index < -0.39 is 11.8 Å². The quantitative estimate of drug-likeness (QED) is 0.758. The standard InChI is InChI=1S/C21H23FN2O4/c1-13(2)10-19(25)23-18-9-8-16(11-17(18)22)20(26)24(3)12-14-4-6-15(7-5-14)21(27)28/h4-9,11,13H,10,12H2,1-3H3,(H,23,25)(H,27,28). The van der Waals surface area contributed by atoms with Crippen LogP contribution in [0.15, 0.2) is 42.5 Å². The van der Waals surface area contributed by atoms with E-state index in [9.17, 15) is 18.8 Å². The highest BCUT2D eigenvalue weighted by Crippen LogP contribution is 2.18. The van der Waals surface area contributed by atoms with E-state index in [1.54, 1.807) is 19.2 Å². The Hall–Kier alpha value is -3.22. The second kappa shape index (κ2) is 9.12. The minimum Gasteiger partial charge on any atom is -0.478 e. The predicted molar refractivity (Wildman–Crippen MR) is 104 cm³/mol. The number of nitrogens with zero attached hydrogens (tertiary/aromatic N) is 1. The van der Waals surface area contributed by atoms with Crippen LogP contribution in [0.2, 0.25) is 0 Å². The second-order valence-electron chi connectivity index (χ2n) is 7.00. The molecule has 0 bridgehead atoms. The number of aromatic carboxylic acids is 1. The molecule has 6 nitrogen and oxygen atoms in total. The molecule has 28 heavy (non-hydrogen) atoms. The summed E-state index contributed by atoms with van der Waals surface area (Å²) in [6.07, 6.45) is 0.281. The minimum absolute atomic E-state index is 0.0362. The number of hydrogen-bond acceptors (Lipinski definition) is 3. The lowest BCUT2D eigenvalue weighted by Gasteiger charge is -2.18. The molecule has 0 saturated carbocycles. The number of amides is 2. The van der Waals surface area contributed by atoms with Gasteiger partial charge in [-0.15, -0.1) is 0 Å². The van der Waals surface area contributed by atoms with E-state index in [2.05, 4.69) is 5.32 Å². The molecule has 0 fully saturated rings. The zero-order valence-electron chi connectivity index (χ0n) is 16.0. The fourth-order valence-electron chi connectivity index (χ4n) is 2.64. The van der Waals surface area contributed by atoms with Crippen LogP contribution in [0.25, 0.3) is 0 Å². The summed E-state index contributed by atoms with van der Waals surface area (Å²) < 4.78 is 14.3. The van der Waals surface area contributed by atoms with E-state index in [-0.39, 0.29) is 47.5 Å². The third-order valence-electron chi connectivity index (χ3n) is 4.05. The molecule has 2 rings (SSSR count). The van der Waals surface area contributed by atoms with Crippen LogP contribution in [-0.2, 0) is 11.3 Å². The van der Waals surface area contributed by atoms with Gasteiger partial charge in [-0.2, -0.15) is 0 Å². The molecule has 2 N–H and O–H groups in total. The van der Waals surface area contributed by atoms with Crippen molar-refractivity contribution in [3.63, 3.8) is 0 Å². The number of carbonyl (C=O) groups is 3. The van der Waals surface area contributed by atoms with E-state index in [0.29, 0.717) is 0 Å². The van der Waals surface area contributed by atoms with E-state index in [0.717, 1.165) is 11.6 Å². The van der Waals surface area contributed by atoms with Crippen molar-refractivity contribution in [2.75, 3.05) is 12.4 Å². The lowest BCUT2D eigenvalue weighted by Crippen LogP contribution is -2.26. The molecule has 0 heterocycles. The second-order valence-corrected chi connectivity index (χ2v) is 7.00. The summed E-state index contributed by atoms with van der Waals surface area (Å²) in [5.41, 5.74) is 1.10. The Labute approximate surface area is 163 Å². The molecule has 0 spiro atoms. The highest BCUT2D eigenvalue weighted by Gasteiger charge is 2.16. The van der Waals surface area contributed by atoms with Gasteiger partial charge in [0, 0.05) is 25.6 Å². The number of carboxylic acids is 1. The largest absolute Gasteiger partial charge is 0.478 e. The molecule has 0 radical (unpaired) electrons. The van der Waals surface area contributed by atoms with Gasteiger partial charge in [-0.3, -0.25) is 9.59 Å². The zero-order chi connectivity index (χ0) is 20.8. The van der Waals surface area contributed by atoms with Gasteiger partial charge in [0.1, 0.15) is 5.82 Å². The molecule has 0 saturated heterocycles. The van der Waals surface area contributed by atoms with Gasteiger partial charge in [0.05, 0.1) is 11.3 Å². The molecule has 0 aromatic heterocycles. The van der Waals surface area contributed by atoms with Gasteiger partial charge in [0.2, 0.25) is 5.91 Å². The molecular weight excluding hydrogens is 363 g/mol. The zero-order valence-corrected chi connectivity index (χ0v) is 16.0. The normalized spacial score (nSPS) is 10.6. The summed E-state index contributed by atoms with van der Waals surface area (Å²) in [7, 11) is 1.57. The summed E-state index contributed by atoms with van der Waals surface area (Å²) in [5.74, 6) is -2.22. The van der Waals surface area contributed by atoms with Crippen LogP contribution in [0.5, 0.6) is 0 Å². The number of carbonyl (C=O) groups excluding carboxylic acids is 2. The lowest BCUT2D eigenvalue weighted by atomic mass is 10.1. The summed E-state index contributed by atoms with van der Waals surface area (Å²) >= 11 is 0. The Morgan fingerprint density at radius 2 is 1.68 bits per heavy atom. The number of hydrogen-bond donors (Lipinski definition) is 2. The van der Waals surface area contributed by atoms with Gasteiger partial charge in [0.25, 0.3) is 5.91 Å². The monoisotopic (exact) mass is 386 g/mol. The van der Waals surface area contributed by atoms with Crippen molar-refractivity contribution >= 4 is 23.5 Å². The smallest absolute Gasteiger partial charge is 0.335 e. The maximum Gasteiger partial charge on any atom is 0.335 e. The van der Waals surface area contributed by atoms with Crippen LogP contribution in [0.1, 0.15) is 46.5 Å². The molecule has 0 aliphatic rings. The highest BCUT2D eigenvalue weighted by molar-refractivity contribution is 5.96. The molecule has 148 valence electrons. The fraction of sp³-hybridized carbons (Fsp3) is 0.286. The minimum atomic E-state index is -1.02. The summed E-state index contributed by atoms with van der Waals surface area (Å²) in [4.78, 5) is 36.6. The number of carboxylic acid groups (broad SMARTS) is 1. The number of benzene rings is 2. The van der Waals surface area contributed by atoms with Crippen molar-refractivity contribution in [1.29, 1.82) is 0 Å². The number of nitrogens with one attached hydrogen (secondary N) is 1. The van der Waals surface area contributed by atoms with Gasteiger partial charge < -0.3 is 15.3 Å². The van der Waals surface area contributed by atoms with Crippen molar-refractivity contribution < 1.29 is 23.9 Å². The Morgan fingerprint density at radius 1 is 1.07 bits per heavy atom. The van der Waals surface area contributed by atoms with Crippen molar-refractivity contribution in [3.8, 4) is 0 Å². The van der Waals surface area contributed by atoms with Crippen LogP contribution in [0, 0.1) is 11.7 Å². The third-order valence-corrected chi connectivity index (χ3v) is 4.05. The Kier molecular flexibility index (Phi) is 6.87. The van der Waals surface area contributed by atoms with Gasteiger partial charge in [0.15, 0.2) is 0 Å². The van der Waals surface area contributed by atoms with Crippen molar-refractivity contribution in [3.05, 3.63) is 65.0 Å². The van der Waals surface area contributed by atoms with E-state index >= 15 is 0 Å². The molecule has 2 aromatic carbocycles. The summed E-state index contributed by atoms with van der Waals surface area (Å²) in [6, 6.07) is 10.1. The first-order valence-electron chi connectivity index (χ1n) is 8.84. The lowest BCUT2D eigenvalue weighted by molar-refractivity contribution is -0.116. The van der Waals surface area contributed by atoms with E-state index in [1.165, 1.54) is 29.2 Å². The van der Waals surface area contributed by atoms with Crippen molar-refractivity contribution in [1.82, 2.24) is 4.90 Å². The topological polar surface area (TPSA) is 86.7 Å². The molecule has 0 aliphatic carbocycles. The van der Waals surface area contributed by atoms with Crippen LogP contribution < -0.4 is 5.32 Å². The Bertz CT molecular complexity index is 878. The van der Waals surface area contributed by atoms with Gasteiger partial charge in [-0.1, -0.05) is 26.0 Å². The molecule has 0 unspecified atom stereocenters. The van der Waals surface area contributed by atoms with E-state index in [4.69, 9.17) is 5.11 Å². The molecule has 2 aromatic rings. The SMILES string of the molecule is CC(C)CC(=O)Nc1ccc(C(=O)N(C)Cc2ccc(C(=O)O)cc2)cc1F. The summed E-state index contributed by atoms with van der Waals surface area (Å²) in [6.45, 7) is 4.03. The highest BCUT2D eigenvalue weighted by atomic mass is 19.1. The van der Waals surface area contributed by atoms with Crippen LogP contribution in [-0.4, -0.2) is 34.8 Å². The van der Waals surface area contributed by atoms with Crippen LogP contribution in [0.3, 0.4) is 0 Å². The maximum absolute atomic E-state index is 14.3. The maximum atomic E-state index is 14.3. The first kappa shape index (κ1) is 21.1. The predicted octanol–water partition coefficient (Wildman–Crippen LogP) is 3.78. The molecule has 2 amide bonds. The number of anilines is 1. The Balaban J connectivity index is 2.05. The fourth-order valence-corrected chi connectivity index (χ4v) is 2.64. The molecule has 0 atom stereocenters. The van der Waals surface area contributed by atoms with Crippen LogP contribution >= 0.6 is 0 Å².